The van der Waals surface area contributed by atoms with E-state index in [9.17, 15) is 14.4 Å². The highest BCUT2D eigenvalue weighted by Gasteiger charge is 2.22. The minimum atomic E-state index is -0.977. The number of rotatable bonds is 7. The van der Waals surface area contributed by atoms with E-state index in [1.54, 1.807) is 24.3 Å². The number of benzene rings is 2. The van der Waals surface area contributed by atoms with Crippen LogP contribution in [0.2, 0.25) is 0 Å². The molecule has 0 unspecified atom stereocenters. The van der Waals surface area contributed by atoms with Gasteiger partial charge < -0.3 is 15.7 Å². The first-order valence-electron chi connectivity index (χ1n) is 9.50. The van der Waals surface area contributed by atoms with E-state index >= 15 is 0 Å². The van der Waals surface area contributed by atoms with Crippen LogP contribution in [0.3, 0.4) is 0 Å². The highest BCUT2D eigenvalue weighted by molar-refractivity contribution is 5.94. The Bertz CT molecular complexity index is 838. The standard InChI is InChI=1S/C22H24N2O4/c25-20(17-3-1-2-4-17)23-13-15-5-9-18(10-6-15)21(26)24-14-16-7-11-19(12-8-16)22(27)28/h5-12,17H,1-4,13-14H2,(H,23,25)(H,24,26)(H,27,28). The summed E-state index contributed by atoms with van der Waals surface area (Å²) in [5.74, 6) is -0.915. The number of aromatic carboxylic acids is 1. The van der Waals surface area contributed by atoms with Gasteiger partial charge in [-0.3, -0.25) is 9.59 Å². The van der Waals surface area contributed by atoms with Crippen LogP contribution in [-0.2, 0) is 17.9 Å². The van der Waals surface area contributed by atoms with Crippen molar-refractivity contribution in [3.8, 4) is 0 Å². The summed E-state index contributed by atoms with van der Waals surface area (Å²) < 4.78 is 0. The first-order chi connectivity index (χ1) is 13.5. The molecule has 0 aliphatic heterocycles. The summed E-state index contributed by atoms with van der Waals surface area (Å²) in [5, 5.41) is 14.7. The lowest BCUT2D eigenvalue weighted by Crippen LogP contribution is -2.28. The Labute approximate surface area is 164 Å². The van der Waals surface area contributed by atoms with E-state index in [1.165, 1.54) is 12.1 Å². The molecule has 3 rings (SSSR count). The fourth-order valence-corrected chi connectivity index (χ4v) is 3.35. The normalized spacial score (nSPS) is 13.9. The summed E-state index contributed by atoms with van der Waals surface area (Å²) in [5.41, 5.74) is 2.52. The number of hydrogen-bond donors (Lipinski definition) is 3. The summed E-state index contributed by atoms with van der Waals surface area (Å²) in [7, 11) is 0. The van der Waals surface area contributed by atoms with E-state index in [1.807, 2.05) is 12.1 Å². The zero-order valence-corrected chi connectivity index (χ0v) is 15.6. The monoisotopic (exact) mass is 380 g/mol. The van der Waals surface area contributed by atoms with Gasteiger partial charge in [-0.15, -0.1) is 0 Å². The third kappa shape index (κ3) is 5.19. The fourth-order valence-electron chi connectivity index (χ4n) is 3.35. The quantitative estimate of drug-likeness (QED) is 0.688. The average molecular weight is 380 g/mol. The lowest BCUT2D eigenvalue weighted by atomic mass is 10.1. The molecule has 1 aliphatic rings. The van der Waals surface area contributed by atoms with Gasteiger partial charge in [0.15, 0.2) is 0 Å². The predicted octanol–water partition coefficient (Wildman–Crippen LogP) is 3.12. The minimum Gasteiger partial charge on any atom is -0.478 e. The zero-order chi connectivity index (χ0) is 19.9. The van der Waals surface area contributed by atoms with Crippen molar-refractivity contribution in [2.45, 2.75) is 38.8 Å². The van der Waals surface area contributed by atoms with Crippen LogP contribution in [0.4, 0.5) is 0 Å². The Hall–Kier alpha value is -3.15. The molecule has 6 nitrogen and oxygen atoms in total. The first kappa shape index (κ1) is 19.6. The molecule has 0 heterocycles. The molecule has 1 aliphatic carbocycles. The highest BCUT2D eigenvalue weighted by atomic mass is 16.4. The van der Waals surface area contributed by atoms with Crippen molar-refractivity contribution in [3.05, 3.63) is 70.8 Å². The zero-order valence-electron chi connectivity index (χ0n) is 15.6. The predicted molar refractivity (Wildman–Crippen MR) is 105 cm³/mol. The van der Waals surface area contributed by atoms with Crippen LogP contribution in [-0.4, -0.2) is 22.9 Å². The summed E-state index contributed by atoms with van der Waals surface area (Å²) in [4.78, 5) is 35.2. The van der Waals surface area contributed by atoms with Gasteiger partial charge in [0.2, 0.25) is 5.91 Å². The van der Waals surface area contributed by atoms with Crippen molar-refractivity contribution < 1.29 is 19.5 Å². The molecule has 2 aromatic rings. The molecule has 1 fully saturated rings. The van der Waals surface area contributed by atoms with E-state index in [-0.39, 0.29) is 23.3 Å². The summed E-state index contributed by atoms with van der Waals surface area (Å²) in [6, 6.07) is 13.5. The van der Waals surface area contributed by atoms with Crippen molar-refractivity contribution >= 4 is 17.8 Å². The van der Waals surface area contributed by atoms with Gasteiger partial charge >= 0.3 is 5.97 Å². The van der Waals surface area contributed by atoms with Crippen molar-refractivity contribution in [3.63, 3.8) is 0 Å². The maximum atomic E-state index is 12.3. The van der Waals surface area contributed by atoms with Gasteiger partial charge in [0.25, 0.3) is 5.91 Å². The van der Waals surface area contributed by atoms with Gasteiger partial charge in [-0.2, -0.15) is 0 Å². The SMILES string of the molecule is O=C(O)c1ccc(CNC(=O)c2ccc(CNC(=O)C3CCCC3)cc2)cc1. The second kappa shape index (κ2) is 9.17. The summed E-state index contributed by atoms with van der Waals surface area (Å²) in [6.45, 7) is 0.783. The Morgan fingerprint density at radius 2 is 1.29 bits per heavy atom. The van der Waals surface area contributed by atoms with Crippen molar-refractivity contribution in [1.29, 1.82) is 0 Å². The molecule has 28 heavy (non-hydrogen) atoms. The average Bonchev–Trinajstić information content (AvgIpc) is 3.26. The molecule has 0 saturated heterocycles. The van der Waals surface area contributed by atoms with Crippen LogP contribution in [0.25, 0.3) is 0 Å². The van der Waals surface area contributed by atoms with E-state index in [4.69, 9.17) is 5.11 Å². The van der Waals surface area contributed by atoms with Gasteiger partial charge in [-0.05, 0) is 48.2 Å². The second-order valence-electron chi connectivity index (χ2n) is 7.08. The van der Waals surface area contributed by atoms with E-state index < -0.39 is 5.97 Å². The smallest absolute Gasteiger partial charge is 0.335 e. The number of carboxylic acid groups (broad SMARTS) is 1. The maximum absolute atomic E-state index is 12.3. The Balaban J connectivity index is 1.47. The molecule has 0 atom stereocenters. The fraction of sp³-hybridized carbons (Fsp3) is 0.318. The van der Waals surface area contributed by atoms with Crippen LogP contribution >= 0.6 is 0 Å². The topological polar surface area (TPSA) is 95.5 Å². The molecule has 2 aromatic carbocycles. The molecule has 0 bridgehead atoms. The van der Waals surface area contributed by atoms with Crippen LogP contribution in [0.1, 0.15) is 57.5 Å². The second-order valence-corrected chi connectivity index (χ2v) is 7.08. The summed E-state index contributed by atoms with van der Waals surface area (Å²) in [6.07, 6.45) is 4.21. The number of hydrogen-bond acceptors (Lipinski definition) is 3. The minimum absolute atomic E-state index is 0.119. The molecular weight excluding hydrogens is 356 g/mol. The van der Waals surface area contributed by atoms with Crippen molar-refractivity contribution in [2.24, 2.45) is 5.92 Å². The largest absolute Gasteiger partial charge is 0.478 e. The number of carbonyl (C=O) groups is 3. The van der Waals surface area contributed by atoms with Crippen LogP contribution in [0, 0.1) is 5.92 Å². The van der Waals surface area contributed by atoms with Crippen LogP contribution in [0.5, 0.6) is 0 Å². The van der Waals surface area contributed by atoms with Gasteiger partial charge in [-0.25, -0.2) is 4.79 Å². The lowest BCUT2D eigenvalue weighted by molar-refractivity contribution is -0.124. The van der Waals surface area contributed by atoms with Crippen molar-refractivity contribution in [2.75, 3.05) is 0 Å². The van der Waals surface area contributed by atoms with Crippen LogP contribution in [0.15, 0.2) is 48.5 Å². The number of carboxylic acids is 1. The Morgan fingerprint density at radius 1 is 0.786 bits per heavy atom. The number of carbonyl (C=O) groups excluding carboxylic acids is 2. The van der Waals surface area contributed by atoms with E-state index in [0.717, 1.165) is 36.8 Å². The Kier molecular flexibility index (Phi) is 6.42. The molecule has 0 spiro atoms. The molecule has 0 radical (unpaired) electrons. The number of amides is 2. The molecule has 146 valence electrons. The molecule has 6 heteroatoms. The molecule has 0 aromatic heterocycles. The lowest BCUT2D eigenvalue weighted by Gasteiger charge is -2.11. The van der Waals surface area contributed by atoms with Gasteiger partial charge in [0, 0.05) is 24.6 Å². The first-order valence-corrected chi connectivity index (χ1v) is 9.50. The Morgan fingerprint density at radius 3 is 1.82 bits per heavy atom. The molecule has 3 N–H and O–H groups in total. The van der Waals surface area contributed by atoms with Gasteiger partial charge in [0.05, 0.1) is 5.56 Å². The van der Waals surface area contributed by atoms with E-state index in [0.29, 0.717) is 18.7 Å². The highest BCUT2D eigenvalue weighted by Crippen LogP contribution is 2.24. The molecule has 1 saturated carbocycles. The van der Waals surface area contributed by atoms with Gasteiger partial charge in [-0.1, -0.05) is 37.1 Å². The summed E-state index contributed by atoms with van der Waals surface area (Å²) >= 11 is 0. The van der Waals surface area contributed by atoms with Gasteiger partial charge in [0.1, 0.15) is 0 Å². The van der Waals surface area contributed by atoms with E-state index in [2.05, 4.69) is 10.6 Å². The maximum Gasteiger partial charge on any atom is 0.335 e. The van der Waals surface area contributed by atoms with Crippen molar-refractivity contribution in [1.82, 2.24) is 10.6 Å². The number of nitrogens with one attached hydrogen (secondary N) is 2. The van der Waals surface area contributed by atoms with Crippen LogP contribution < -0.4 is 10.6 Å². The molecular formula is C22H24N2O4. The third-order valence-electron chi connectivity index (χ3n) is 5.06. The molecule has 2 amide bonds. The third-order valence-corrected chi connectivity index (χ3v) is 5.06.